The maximum atomic E-state index is 9.32. The molecule has 0 heterocycles. The summed E-state index contributed by atoms with van der Waals surface area (Å²) in [6.07, 6.45) is 2.66. The van der Waals surface area contributed by atoms with Crippen LogP contribution in [0.1, 0.15) is 33.1 Å². The van der Waals surface area contributed by atoms with Crippen molar-refractivity contribution in [3.05, 3.63) is 81.5 Å². The van der Waals surface area contributed by atoms with Crippen LogP contribution in [0.25, 0.3) is 20.9 Å². The van der Waals surface area contributed by atoms with Gasteiger partial charge in [-0.05, 0) is 0 Å². The van der Waals surface area contributed by atoms with E-state index in [0.717, 1.165) is 24.6 Å². The molecule has 0 N–H and O–H groups in total. The fourth-order valence-electron chi connectivity index (χ4n) is 3.95. The predicted octanol–water partition coefficient (Wildman–Crippen LogP) is 5.19. The van der Waals surface area contributed by atoms with Crippen molar-refractivity contribution in [2.24, 2.45) is 16.1 Å². The van der Waals surface area contributed by atoms with E-state index in [4.69, 9.17) is 0 Å². The van der Waals surface area contributed by atoms with Crippen molar-refractivity contribution in [1.82, 2.24) is 0 Å². The van der Waals surface area contributed by atoms with Crippen LogP contribution in [-0.4, -0.2) is 41.0 Å². The van der Waals surface area contributed by atoms with Crippen molar-refractivity contribution in [1.29, 1.82) is 0 Å². The first-order valence-electron chi connectivity index (χ1n) is 10.0. The van der Waals surface area contributed by atoms with Gasteiger partial charge < -0.3 is 0 Å². The number of azide groups is 2. The first-order chi connectivity index (χ1) is 14.5. The summed E-state index contributed by atoms with van der Waals surface area (Å²) in [5.74, 6) is 0.288. The molecule has 30 heavy (non-hydrogen) atoms. The second-order valence-corrected chi connectivity index (χ2v) is 13.0. The van der Waals surface area contributed by atoms with Gasteiger partial charge in [0.05, 0.1) is 0 Å². The molecule has 0 radical (unpaired) electrons. The van der Waals surface area contributed by atoms with Gasteiger partial charge in [-0.2, -0.15) is 0 Å². The monoisotopic (exact) mass is 534 g/mol. The van der Waals surface area contributed by atoms with Gasteiger partial charge in [0, 0.05) is 0 Å². The Balaban J connectivity index is 1.82. The van der Waals surface area contributed by atoms with E-state index in [0.29, 0.717) is 0 Å². The molecule has 1 aliphatic rings. The third kappa shape index (κ3) is 5.62. The molecule has 0 amide bonds. The first kappa shape index (κ1) is 22.8. The van der Waals surface area contributed by atoms with Crippen molar-refractivity contribution in [3.8, 4) is 0 Å². The van der Waals surface area contributed by atoms with Gasteiger partial charge in [0.2, 0.25) is 0 Å². The van der Waals surface area contributed by atoms with Crippen LogP contribution in [0, 0.1) is 5.92 Å². The molecule has 1 saturated carbocycles. The van der Waals surface area contributed by atoms with Gasteiger partial charge in [-0.3, -0.25) is 0 Å². The molecule has 0 aromatic heterocycles. The van der Waals surface area contributed by atoms with Crippen molar-refractivity contribution >= 4 is 38.8 Å². The summed E-state index contributed by atoms with van der Waals surface area (Å²) in [5, 5.41) is 9.45. The van der Waals surface area contributed by atoms with Gasteiger partial charge >= 0.3 is 191 Å². The molecule has 2 aromatic rings. The summed E-state index contributed by atoms with van der Waals surface area (Å²) < 4.78 is 2.64. The third-order valence-electron chi connectivity index (χ3n) is 5.91. The fraction of sp³-hybridized carbons (Fsp3) is 0.455. The van der Waals surface area contributed by atoms with Crippen LogP contribution in [-0.2, 0) is 0 Å². The van der Waals surface area contributed by atoms with E-state index in [1.807, 2.05) is 12.1 Å². The minimum atomic E-state index is -0.423. The van der Waals surface area contributed by atoms with E-state index in [9.17, 15) is 11.1 Å². The third-order valence-corrected chi connectivity index (χ3v) is 11.9. The van der Waals surface area contributed by atoms with Gasteiger partial charge in [0.15, 0.2) is 0 Å². The van der Waals surface area contributed by atoms with Crippen molar-refractivity contribution in [3.63, 3.8) is 0 Å². The summed E-state index contributed by atoms with van der Waals surface area (Å²) in [6, 6.07) is 20.9. The SMILES string of the molecule is C[C@@](C[Se]c1ccccc1)(N=[N+]=[N-])[C@@H]1CC[C@](C)(N=[N+]=[N-])[C@@H]([Se]c2ccccc2)C1. The normalized spacial score (nSPS) is 25.4. The van der Waals surface area contributed by atoms with E-state index < -0.39 is 5.54 Å². The van der Waals surface area contributed by atoms with Crippen molar-refractivity contribution in [2.45, 2.75) is 54.3 Å². The molecule has 0 unspecified atom stereocenters. The molecule has 6 nitrogen and oxygen atoms in total. The Morgan fingerprint density at radius 2 is 1.67 bits per heavy atom. The molecular weight excluding hydrogens is 506 g/mol. The first-order valence-corrected chi connectivity index (χ1v) is 13.9. The summed E-state index contributed by atoms with van der Waals surface area (Å²) in [7, 11) is 0. The summed E-state index contributed by atoms with van der Waals surface area (Å²) in [6.45, 7) is 4.21. The molecule has 3 rings (SSSR count). The Kier molecular flexibility index (Phi) is 7.91. The standard InChI is InChI=1S/C22H26N6Se2/c1-21(25-27-23)14-13-17(15-20(21)30-19-11-7-4-8-12-19)22(2,26-28-24)16-29-18-9-5-3-6-10-18/h3-12,17,20H,13-16H2,1-2H3/t17-,20+,21+,22+/m1/s1. The van der Waals surface area contributed by atoms with Crippen LogP contribution in [0.4, 0.5) is 0 Å². The number of hydrogen-bond acceptors (Lipinski definition) is 2. The van der Waals surface area contributed by atoms with Gasteiger partial charge in [-0.25, -0.2) is 0 Å². The predicted molar refractivity (Wildman–Crippen MR) is 125 cm³/mol. The number of nitrogens with zero attached hydrogens (tertiary/aromatic N) is 6. The van der Waals surface area contributed by atoms with E-state index in [1.165, 1.54) is 8.92 Å². The molecular formula is C22H26N6Se2. The van der Waals surface area contributed by atoms with Crippen LogP contribution in [0.3, 0.4) is 0 Å². The van der Waals surface area contributed by atoms with E-state index in [2.05, 4.69) is 82.4 Å². The average Bonchev–Trinajstić information content (AvgIpc) is 2.76. The van der Waals surface area contributed by atoms with Gasteiger partial charge in [-0.1, -0.05) is 0 Å². The Bertz CT molecular complexity index is 927. The van der Waals surface area contributed by atoms with Gasteiger partial charge in [-0.15, -0.1) is 0 Å². The zero-order valence-corrected chi connectivity index (χ0v) is 20.7. The Morgan fingerprint density at radius 3 is 2.27 bits per heavy atom. The second kappa shape index (κ2) is 10.4. The van der Waals surface area contributed by atoms with Gasteiger partial charge in [0.25, 0.3) is 0 Å². The molecule has 1 aliphatic carbocycles. The zero-order chi connectivity index (χ0) is 21.5. The van der Waals surface area contributed by atoms with Crippen LogP contribution in [0.5, 0.6) is 0 Å². The Labute approximate surface area is 190 Å². The van der Waals surface area contributed by atoms with E-state index >= 15 is 0 Å². The van der Waals surface area contributed by atoms with E-state index in [1.54, 1.807) is 0 Å². The van der Waals surface area contributed by atoms with Gasteiger partial charge in [0.1, 0.15) is 0 Å². The molecule has 156 valence electrons. The second-order valence-electron chi connectivity index (χ2n) is 8.09. The number of hydrogen-bond donors (Lipinski definition) is 0. The van der Waals surface area contributed by atoms with E-state index in [-0.39, 0.29) is 46.2 Å². The summed E-state index contributed by atoms with van der Waals surface area (Å²) in [4.78, 5) is 6.69. The average molecular weight is 532 g/mol. The number of benzene rings is 2. The molecule has 2 aromatic carbocycles. The van der Waals surface area contributed by atoms with Crippen LogP contribution in [0.2, 0.25) is 10.1 Å². The summed E-state index contributed by atoms with van der Waals surface area (Å²) >= 11 is 0.431. The minimum absolute atomic E-state index is 0.185. The molecule has 4 atom stereocenters. The zero-order valence-electron chi connectivity index (χ0n) is 17.3. The number of rotatable bonds is 8. The quantitative estimate of drug-likeness (QED) is 0.194. The molecule has 0 spiro atoms. The molecule has 0 bridgehead atoms. The molecule has 8 heteroatoms. The van der Waals surface area contributed by atoms with Crippen molar-refractivity contribution in [2.75, 3.05) is 0 Å². The fourth-order valence-corrected chi connectivity index (χ4v) is 9.18. The Morgan fingerprint density at radius 1 is 1.03 bits per heavy atom. The molecule has 1 fully saturated rings. The maximum absolute atomic E-state index is 9.32. The van der Waals surface area contributed by atoms with Crippen LogP contribution in [0.15, 0.2) is 70.9 Å². The molecule has 0 aliphatic heterocycles. The topological polar surface area (TPSA) is 97.5 Å². The van der Waals surface area contributed by atoms with Crippen molar-refractivity contribution < 1.29 is 0 Å². The Hall–Kier alpha value is -1.90. The van der Waals surface area contributed by atoms with Crippen LogP contribution < -0.4 is 8.92 Å². The summed E-state index contributed by atoms with van der Waals surface area (Å²) in [5.41, 5.74) is 17.7. The van der Waals surface area contributed by atoms with Crippen LogP contribution >= 0.6 is 0 Å². The molecule has 0 saturated heterocycles.